The number of aliphatic carboxylic acids is 1. The molecule has 4 nitrogen and oxygen atoms in total. The minimum absolute atomic E-state index is 0.0478. The molecule has 92 valence electrons. The third-order valence-corrected chi connectivity index (χ3v) is 3.36. The molecule has 0 amide bonds. The minimum atomic E-state index is -0.879. The maximum Gasteiger partial charge on any atom is 0.310 e. The summed E-state index contributed by atoms with van der Waals surface area (Å²) >= 11 is 0. The Morgan fingerprint density at radius 1 is 1.25 bits per heavy atom. The number of carboxylic acids is 1. The molecule has 0 bridgehead atoms. The van der Waals surface area contributed by atoms with E-state index in [9.17, 15) is 9.59 Å². The van der Waals surface area contributed by atoms with Crippen LogP contribution >= 0.6 is 0 Å². The van der Waals surface area contributed by atoms with Crippen molar-refractivity contribution in [3.8, 4) is 0 Å². The number of rotatable bonds is 4. The normalized spacial score (nSPS) is 33.7. The smallest absolute Gasteiger partial charge is 0.310 e. The lowest BCUT2D eigenvalue weighted by atomic mass is 9.88. The molecule has 0 aromatic heterocycles. The highest BCUT2D eigenvalue weighted by atomic mass is 16.5. The molecule has 1 rings (SSSR count). The van der Waals surface area contributed by atoms with Crippen molar-refractivity contribution < 1.29 is 19.4 Å². The Bertz CT molecular complexity index is 274. The molecule has 0 aliphatic heterocycles. The van der Waals surface area contributed by atoms with Crippen LogP contribution in [0.2, 0.25) is 0 Å². The molecule has 1 fully saturated rings. The van der Waals surface area contributed by atoms with E-state index in [4.69, 9.17) is 9.84 Å². The zero-order valence-electron chi connectivity index (χ0n) is 10.1. The quantitative estimate of drug-likeness (QED) is 0.747. The van der Waals surface area contributed by atoms with Crippen LogP contribution in [0.3, 0.4) is 0 Å². The molecule has 4 atom stereocenters. The van der Waals surface area contributed by atoms with Crippen LogP contribution in [0.4, 0.5) is 0 Å². The van der Waals surface area contributed by atoms with Crippen molar-refractivity contribution in [1.29, 1.82) is 0 Å². The van der Waals surface area contributed by atoms with Gasteiger partial charge in [0, 0.05) is 0 Å². The first kappa shape index (κ1) is 13.0. The van der Waals surface area contributed by atoms with Crippen molar-refractivity contribution in [2.45, 2.75) is 33.6 Å². The Morgan fingerprint density at radius 2 is 1.81 bits per heavy atom. The maximum atomic E-state index is 11.8. The Hall–Kier alpha value is -1.06. The minimum Gasteiger partial charge on any atom is -0.481 e. The largest absolute Gasteiger partial charge is 0.481 e. The van der Waals surface area contributed by atoms with Gasteiger partial charge >= 0.3 is 11.9 Å². The molecule has 1 aliphatic rings. The molecular formula is C12H20O4. The zero-order valence-corrected chi connectivity index (χ0v) is 10.1. The fourth-order valence-corrected chi connectivity index (χ4v) is 2.66. The van der Waals surface area contributed by atoms with Gasteiger partial charge in [0.15, 0.2) is 0 Å². The zero-order chi connectivity index (χ0) is 12.3. The van der Waals surface area contributed by atoms with Crippen LogP contribution < -0.4 is 0 Å². The fourth-order valence-electron chi connectivity index (χ4n) is 2.66. The Morgan fingerprint density at radius 3 is 2.31 bits per heavy atom. The summed E-state index contributed by atoms with van der Waals surface area (Å²) in [5.41, 5.74) is 0. The fraction of sp³-hybridized carbons (Fsp3) is 0.833. The van der Waals surface area contributed by atoms with Gasteiger partial charge in [0.05, 0.1) is 18.4 Å². The van der Waals surface area contributed by atoms with E-state index in [1.165, 1.54) is 0 Å². The predicted octanol–water partition coefficient (Wildman–Crippen LogP) is 1.93. The van der Waals surface area contributed by atoms with E-state index in [0.717, 1.165) is 12.8 Å². The summed E-state index contributed by atoms with van der Waals surface area (Å²) in [5, 5.41) is 9.14. The molecule has 4 heteroatoms. The average molecular weight is 228 g/mol. The lowest BCUT2D eigenvalue weighted by molar-refractivity contribution is -0.158. The molecule has 1 saturated carbocycles. The Labute approximate surface area is 96.0 Å². The van der Waals surface area contributed by atoms with Gasteiger partial charge < -0.3 is 9.84 Å². The molecular weight excluding hydrogens is 208 g/mol. The van der Waals surface area contributed by atoms with Crippen LogP contribution in [0.25, 0.3) is 0 Å². The SMILES string of the molecule is CCCOC(=O)C1C(C)CC(C)C1C(=O)O. The van der Waals surface area contributed by atoms with E-state index in [0.29, 0.717) is 6.61 Å². The number of ether oxygens (including phenoxy) is 1. The Balaban J connectivity index is 2.74. The molecule has 1 N–H and O–H groups in total. The summed E-state index contributed by atoms with van der Waals surface area (Å²) in [5.74, 6) is -2.13. The van der Waals surface area contributed by atoms with E-state index in [-0.39, 0.29) is 17.8 Å². The van der Waals surface area contributed by atoms with Gasteiger partial charge in [0.2, 0.25) is 0 Å². The van der Waals surface area contributed by atoms with Gasteiger partial charge in [0.1, 0.15) is 0 Å². The van der Waals surface area contributed by atoms with Crippen LogP contribution in [0.5, 0.6) is 0 Å². The molecule has 0 aromatic carbocycles. The first-order valence-electron chi connectivity index (χ1n) is 5.88. The van der Waals surface area contributed by atoms with E-state index in [1.54, 1.807) is 0 Å². The van der Waals surface area contributed by atoms with Gasteiger partial charge in [-0.05, 0) is 24.7 Å². The first-order chi connectivity index (χ1) is 7.49. The lowest BCUT2D eigenvalue weighted by Crippen LogP contribution is -2.32. The van der Waals surface area contributed by atoms with Crippen molar-refractivity contribution in [2.24, 2.45) is 23.7 Å². The Kier molecular flexibility index (Phi) is 4.33. The number of carboxylic acid groups (broad SMARTS) is 1. The standard InChI is InChI=1S/C12H20O4/c1-4-5-16-12(15)10-8(3)6-7(2)9(10)11(13)14/h7-10H,4-6H2,1-3H3,(H,13,14). The monoisotopic (exact) mass is 228 g/mol. The van der Waals surface area contributed by atoms with E-state index in [1.807, 2.05) is 20.8 Å². The van der Waals surface area contributed by atoms with Crippen LogP contribution in [0.15, 0.2) is 0 Å². The molecule has 0 radical (unpaired) electrons. The molecule has 1 aliphatic carbocycles. The summed E-state index contributed by atoms with van der Waals surface area (Å²) in [6, 6.07) is 0. The second kappa shape index (κ2) is 5.32. The second-order valence-electron chi connectivity index (χ2n) is 4.75. The highest BCUT2D eigenvalue weighted by Crippen LogP contribution is 2.42. The van der Waals surface area contributed by atoms with Crippen molar-refractivity contribution in [3.63, 3.8) is 0 Å². The van der Waals surface area contributed by atoms with Crippen molar-refractivity contribution in [2.75, 3.05) is 6.61 Å². The molecule has 16 heavy (non-hydrogen) atoms. The van der Waals surface area contributed by atoms with Gasteiger partial charge in [-0.3, -0.25) is 9.59 Å². The molecule has 4 unspecified atom stereocenters. The third kappa shape index (κ3) is 2.54. The van der Waals surface area contributed by atoms with Crippen molar-refractivity contribution in [3.05, 3.63) is 0 Å². The number of carbonyl (C=O) groups is 2. The van der Waals surface area contributed by atoms with Gasteiger partial charge in [-0.1, -0.05) is 20.8 Å². The number of hydrogen-bond acceptors (Lipinski definition) is 3. The van der Waals surface area contributed by atoms with Gasteiger partial charge in [0.25, 0.3) is 0 Å². The van der Waals surface area contributed by atoms with E-state index in [2.05, 4.69) is 0 Å². The number of esters is 1. The highest BCUT2D eigenvalue weighted by molar-refractivity contribution is 5.82. The summed E-state index contributed by atoms with van der Waals surface area (Å²) in [4.78, 5) is 22.9. The van der Waals surface area contributed by atoms with Crippen LogP contribution in [0, 0.1) is 23.7 Å². The molecule has 0 heterocycles. The van der Waals surface area contributed by atoms with Crippen molar-refractivity contribution >= 4 is 11.9 Å². The van der Waals surface area contributed by atoms with Crippen LogP contribution in [-0.4, -0.2) is 23.7 Å². The lowest BCUT2D eigenvalue weighted by Gasteiger charge is -2.19. The molecule has 0 spiro atoms. The molecule has 0 saturated heterocycles. The summed E-state index contributed by atoms with van der Waals surface area (Å²) in [7, 11) is 0. The van der Waals surface area contributed by atoms with Crippen LogP contribution in [-0.2, 0) is 14.3 Å². The van der Waals surface area contributed by atoms with Gasteiger partial charge in [-0.2, -0.15) is 0 Å². The average Bonchev–Trinajstić information content (AvgIpc) is 2.50. The van der Waals surface area contributed by atoms with Crippen molar-refractivity contribution in [1.82, 2.24) is 0 Å². The first-order valence-corrected chi connectivity index (χ1v) is 5.88. The summed E-state index contributed by atoms with van der Waals surface area (Å²) < 4.78 is 5.07. The van der Waals surface area contributed by atoms with Crippen LogP contribution in [0.1, 0.15) is 33.6 Å². The third-order valence-electron chi connectivity index (χ3n) is 3.36. The van der Waals surface area contributed by atoms with E-state index >= 15 is 0 Å². The number of carbonyl (C=O) groups excluding carboxylic acids is 1. The summed E-state index contributed by atoms with van der Waals surface area (Å²) in [6.45, 7) is 6.12. The molecule has 0 aromatic rings. The van der Waals surface area contributed by atoms with Gasteiger partial charge in [-0.25, -0.2) is 0 Å². The second-order valence-corrected chi connectivity index (χ2v) is 4.75. The summed E-state index contributed by atoms with van der Waals surface area (Å²) in [6.07, 6.45) is 1.54. The highest BCUT2D eigenvalue weighted by Gasteiger charge is 2.47. The van der Waals surface area contributed by atoms with E-state index < -0.39 is 17.8 Å². The predicted molar refractivity (Wildman–Crippen MR) is 58.8 cm³/mol. The number of hydrogen-bond donors (Lipinski definition) is 1. The maximum absolute atomic E-state index is 11.8. The van der Waals surface area contributed by atoms with Gasteiger partial charge in [-0.15, -0.1) is 0 Å². The topological polar surface area (TPSA) is 63.6 Å².